The van der Waals surface area contributed by atoms with Crippen LogP contribution in [0.4, 0.5) is 0 Å². The van der Waals surface area contributed by atoms with Gasteiger partial charge in [-0.1, -0.05) is 25.1 Å². The number of rotatable bonds is 8. The number of halogens is 1. The molecule has 0 fully saturated rings. The second kappa shape index (κ2) is 8.88. The quantitative estimate of drug-likeness (QED) is 0.640. The molecule has 0 aliphatic heterocycles. The molecule has 0 aliphatic carbocycles. The van der Waals surface area contributed by atoms with E-state index < -0.39 is 0 Å². The molecule has 0 aliphatic rings. The highest BCUT2D eigenvalue weighted by Gasteiger charge is 2.12. The summed E-state index contributed by atoms with van der Waals surface area (Å²) in [4.78, 5) is 2.79. The van der Waals surface area contributed by atoms with Gasteiger partial charge in [-0.3, -0.25) is 0 Å². The van der Waals surface area contributed by atoms with Crippen molar-refractivity contribution in [3.05, 3.63) is 51.1 Å². The molecule has 4 heteroatoms. The number of hydrogen-bond acceptors (Lipinski definition) is 3. The first-order valence-electron chi connectivity index (χ1n) is 6.92. The van der Waals surface area contributed by atoms with Gasteiger partial charge in [-0.2, -0.15) is 0 Å². The maximum Gasteiger partial charge on any atom is 0.0314 e. The molecule has 108 valence electrons. The van der Waals surface area contributed by atoms with E-state index in [0.717, 1.165) is 18.7 Å². The van der Waals surface area contributed by atoms with Crippen LogP contribution in [0.1, 0.15) is 18.2 Å². The van der Waals surface area contributed by atoms with Gasteiger partial charge in [0.15, 0.2) is 0 Å². The minimum absolute atomic E-state index is 0.523. The number of benzene rings is 1. The lowest BCUT2D eigenvalue weighted by atomic mass is 10.2. The highest BCUT2D eigenvalue weighted by atomic mass is 79.9. The highest BCUT2D eigenvalue weighted by Crippen LogP contribution is 2.26. The van der Waals surface area contributed by atoms with Crippen LogP contribution in [-0.2, 0) is 6.42 Å². The zero-order chi connectivity index (χ0) is 14.2. The van der Waals surface area contributed by atoms with E-state index in [9.17, 15) is 0 Å². The summed E-state index contributed by atoms with van der Waals surface area (Å²) in [5.74, 6) is 1.11. The van der Waals surface area contributed by atoms with E-state index in [-0.39, 0.29) is 0 Å². The first-order chi connectivity index (χ1) is 9.79. The van der Waals surface area contributed by atoms with E-state index in [4.69, 9.17) is 0 Å². The van der Waals surface area contributed by atoms with Crippen LogP contribution in [-0.4, -0.2) is 18.3 Å². The van der Waals surface area contributed by atoms with E-state index in [0.29, 0.717) is 6.04 Å². The molecule has 20 heavy (non-hydrogen) atoms. The Labute approximate surface area is 138 Å². The van der Waals surface area contributed by atoms with Crippen molar-refractivity contribution < 1.29 is 0 Å². The normalized spacial score (nSPS) is 12.5. The minimum Gasteiger partial charge on any atom is -0.313 e. The number of thioether (sulfide) groups is 1. The van der Waals surface area contributed by atoms with E-state index >= 15 is 0 Å². The molecule has 1 aromatic carbocycles. The fourth-order valence-electron chi connectivity index (χ4n) is 1.95. The van der Waals surface area contributed by atoms with Crippen LogP contribution in [0.15, 0.2) is 51.1 Å². The summed E-state index contributed by atoms with van der Waals surface area (Å²) >= 11 is 7.41. The molecule has 2 aromatic rings. The Morgan fingerprint density at radius 2 is 2.05 bits per heavy atom. The van der Waals surface area contributed by atoms with Crippen molar-refractivity contribution in [2.24, 2.45) is 0 Å². The van der Waals surface area contributed by atoms with Crippen LogP contribution in [0, 0.1) is 0 Å². The van der Waals surface area contributed by atoms with Crippen molar-refractivity contribution >= 4 is 39.0 Å². The van der Waals surface area contributed by atoms with Gasteiger partial charge in [-0.25, -0.2) is 0 Å². The Kier molecular flexibility index (Phi) is 7.14. The number of nitrogens with one attached hydrogen (secondary N) is 1. The molecule has 0 saturated heterocycles. The van der Waals surface area contributed by atoms with Crippen molar-refractivity contribution in [3.63, 3.8) is 0 Å². The lowest BCUT2D eigenvalue weighted by Crippen LogP contribution is -2.33. The summed E-state index contributed by atoms with van der Waals surface area (Å²) in [6, 6.07) is 13.3. The monoisotopic (exact) mass is 369 g/mol. The van der Waals surface area contributed by atoms with E-state index in [1.165, 1.54) is 20.7 Å². The molecule has 0 saturated carbocycles. The standard InChI is InChI=1S/C16H20BrNS2/c1-2-9-18-13(11-16-15(17)8-10-19-16)12-20-14-6-4-3-5-7-14/h3-8,10,13,18H,2,9,11-12H2,1H3. The minimum atomic E-state index is 0.523. The highest BCUT2D eigenvalue weighted by molar-refractivity contribution is 9.10. The van der Waals surface area contributed by atoms with E-state index in [2.05, 4.69) is 69.9 Å². The predicted octanol–water partition coefficient (Wildman–Crippen LogP) is 5.21. The fourth-order valence-corrected chi connectivity index (χ4v) is 4.52. The first kappa shape index (κ1) is 16.1. The van der Waals surface area contributed by atoms with Crippen molar-refractivity contribution in [1.29, 1.82) is 0 Å². The maximum absolute atomic E-state index is 3.67. The Morgan fingerprint density at radius 3 is 2.70 bits per heavy atom. The molecule has 1 aromatic heterocycles. The van der Waals surface area contributed by atoms with Gasteiger partial charge in [0, 0.05) is 26.0 Å². The summed E-state index contributed by atoms with van der Waals surface area (Å²) in [6.07, 6.45) is 2.27. The zero-order valence-electron chi connectivity index (χ0n) is 11.6. The Morgan fingerprint density at radius 1 is 1.25 bits per heavy atom. The molecule has 1 heterocycles. The van der Waals surface area contributed by atoms with Crippen LogP contribution >= 0.6 is 39.0 Å². The molecular weight excluding hydrogens is 350 g/mol. The average Bonchev–Trinajstić information content (AvgIpc) is 2.88. The molecule has 0 amide bonds. The van der Waals surface area contributed by atoms with Crippen LogP contribution in [0.5, 0.6) is 0 Å². The molecule has 1 nitrogen and oxygen atoms in total. The largest absolute Gasteiger partial charge is 0.313 e. The molecular formula is C16H20BrNS2. The molecule has 0 bridgehead atoms. The van der Waals surface area contributed by atoms with Crippen LogP contribution in [0.3, 0.4) is 0 Å². The third-order valence-electron chi connectivity index (χ3n) is 3.00. The lowest BCUT2D eigenvalue weighted by Gasteiger charge is -2.18. The van der Waals surface area contributed by atoms with Gasteiger partial charge in [0.25, 0.3) is 0 Å². The molecule has 0 spiro atoms. The number of thiophene rings is 1. The van der Waals surface area contributed by atoms with Crippen LogP contribution in [0.2, 0.25) is 0 Å². The molecule has 0 radical (unpaired) electrons. The summed E-state index contributed by atoms with van der Waals surface area (Å²) in [6.45, 7) is 3.30. The molecule has 1 atom stereocenters. The first-order valence-corrected chi connectivity index (χ1v) is 9.58. The molecule has 2 rings (SSSR count). The van der Waals surface area contributed by atoms with Gasteiger partial charge < -0.3 is 5.32 Å². The summed E-state index contributed by atoms with van der Waals surface area (Å²) in [7, 11) is 0. The molecule has 1 unspecified atom stereocenters. The van der Waals surface area contributed by atoms with Gasteiger partial charge in [0.2, 0.25) is 0 Å². The average molecular weight is 370 g/mol. The van der Waals surface area contributed by atoms with Gasteiger partial charge in [-0.15, -0.1) is 23.1 Å². The number of hydrogen-bond donors (Lipinski definition) is 1. The van der Waals surface area contributed by atoms with Gasteiger partial charge in [0.05, 0.1) is 0 Å². The smallest absolute Gasteiger partial charge is 0.0314 e. The van der Waals surface area contributed by atoms with E-state index in [1.54, 1.807) is 0 Å². The van der Waals surface area contributed by atoms with Crippen molar-refractivity contribution in [2.45, 2.75) is 30.7 Å². The topological polar surface area (TPSA) is 12.0 Å². The SMILES string of the molecule is CCCNC(CSc1ccccc1)Cc1sccc1Br. The fraction of sp³-hybridized carbons (Fsp3) is 0.375. The Hall–Kier alpha value is -0.290. The Bertz CT molecular complexity index is 498. The van der Waals surface area contributed by atoms with Crippen molar-refractivity contribution in [2.75, 3.05) is 12.3 Å². The van der Waals surface area contributed by atoms with Crippen molar-refractivity contribution in [1.82, 2.24) is 5.32 Å². The van der Waals surface area contributed by atoms with Gasteiger partial charge in [-0.05, 0) is 58.9 Å². The summed E-state index contributed by atoms with van der Waals surface area (Å²) in [5, 5.41) is 5.82. The second-order valence-corrected chi connectivity index (χ2v) is 7.62. The van der Waals surface area contributed by atoms with Gasteiger partial charge in [0.1, 0.15) is 0 Å². The van der Waals surface area contributed by atoms with Crippen molar-refractivity contribution in [3.8, 4) is 0 Å². The Balaban J connectivity index is 1.91. The summed E-state index contributed by atoms with van der Waals surface area (Å²) < 4.78 is 1.25. The third kappa shape index (κ3) is 5.24. The van der Waals surface area contributed by atoms with E-state index in [1.807, 2.05) is 23.1 Å². The zero-order valence-corrected chi connectivity index (χ0v) is 14.9. The lowest BCUT2D eigenvalue weighted by molar-refractivity contribution is 0.552. The van der Waals surface area contributed by atoms with Gasteiger partial charge >= 0.3 is 0 Å². The second-order valence-electron chi connectivity index (χ2n) is 4.67. The van der Waals surface area contributed by atoms with Crippen LogP contribution < -0.4 is 5.32 Å². The maximum atomic E-state index is 3.67. The van der Waals surface area contributed by atoms with Crippen LogP contribution in [0.25, 0.3) is 0 Å². The predicted molar refractivity (Wildman–Crippen MR) is 95.0 cm³/mol. The molecule has 1 N–H and O–H groups in total. The third-order valence-corrected chi connectivity index (χ3v) is 6.12. The summed E-state index contributed by atoms with van der Waals surface area (Å²) in [5.41, 5.74) is 0.